The van der Waals surface area contributed by atoms with E-state index >= 15 is 0 Å². The van der Waals surface area contributed by atoms with Crippen LogP contribution in [0.2, 0.25) is 0 Å². The Bertz CT molecular complexity index is 278. The maximum atomic E-state index is 5.26. The van der Waals surface area contributed by atoms with Crippen LogP contribution in [-0.2, 0) is 11.3 Å². The van der Waals surface area contributed by atoms with Gasteiger partial charge in [0.2, 0.25) is 0 Å². The fourth-order valence-electron chi connectivity index (χ4n) is 1.03. The molecule has 0 aliphatic rings. The van der Waals surface area contributed by atoms with Crippen LogP contribution in [0, 0.1) is 0 Å². The minimum absolute atomic E-state index is 0.589. The molecule has 1 aromatic heterocycles. The molecule has 0 aromatic carbocycles. The molecule has 0 aliphatic carbocycles. The van der Waals surface area contributed by atoms with Crippen LogP contribution in [-0.4, -0.2) is 23.0 Å². The van der Waals surface area contributed by atoms with Crippen LogP contribution in [0.25, 0.3) is 5.57 Å². The Morgan fingerprint density at radius 1 is 1.62 bits per heavy atom. The van der Waals surface area contributed by atoms with Crippen LogP contribution in [0.15, 0.2) is 19.0 Å². The SMILES string of the molecule is C=C(COCC)c1cnn(CC)c1. The Morgan fingerprint density at radius 2 is 2.38 bits per heavy atom. The molecule has 13 heavy (non-hydrogen) atoms. The zero-order valence-electron chi connectivity index (χ0n) is 8.29. The second-order valence-corrected chi connectivity index (χ2v) is 2.83. The van der Waals surface area contributed by atoms with Crippen LogP contribution >= 0.6 is 0 Å². The summed E-state index contributed by atoms with van der Waals surface area (Å²) in [5.41, 5.74) is 2.05. The molecule has 1 aromatic rings. The summed E-state index contributed by atoms with van der Waals surface area (Å²) in [5.74, 6) is 0. The lowest BCUT2D eigenvalue weighted by atomic mass is 10.2. The molecule has 0 atom stereocenters. The third-order valence-electron chi connectivity index (χ3n) is 1.85. The first-order valence-electron chi connectivity index (χ1n) is 4.56. The van der Waals surface area contributed by atoms with Gasteiger partial charge >= 0.3 is 0 Å². The van der Waals surface area contributed by atoms with Crippen molar-refractivity contribution in [2.24, 2.45) is 0 Å². The predicted octanol–water partition coefficient (Wildman–Crippen LogP) is 1.95. The van der Waals surface area contributed by atoms with Crippen molar-refractivity contribution in [1.82, 2.24) is 9.78 Å². The van der Waals surface area contributed by atoms with Gasteiger partial charge in [-0.3, -0.25) is 4.68 Å². The Morgan fingerprint density at radius 3 is 2.92 bits per heavy atom. The molecule has 3 nitrogen and oxygen atoms in total. The van der Waals surface area contributed by atoms with Crippen molar-refractivity contribution in [3.63, 3.8) is 0 Å². The lowest BCUT2D eigenvalue weighted by Gasteiger charge is -2.01. The van der Waals surface area contributed by atoms with E-state index < -0.39 is 0 Å². The lowest BCUT2D eigenvalue weighted by molar-refractivity contribution is 0.183. The largest absolute Gasteiger partial charge is 0.377 e. The number of aromatic nitrogens is 2. The third-order valence-corrected chi connectivity index (χ3v) is 1.85. The average Bonchev–Trinajstić information content (AvgIpc) is 2.62. The molecular weight excluding hydrogens is 164 g/mol. The summed E-state index contributed by atoms with van der Waals surface area (Å²) in [4.78, 5) is 0. The van der Waals surface area contributed by atoms with Crippen LogP contribution in [0.5, 0.6) is 0 Å². The van der Waals surface area contributed by atoms with Gasteiger partial charge in [0.15, 0.2) is 0 Å². The van der Waals surface area contributed by atoms with Crippen LogP contribution in [0.4, 0.5) is 0 Å². The van der Waals surface area contributed by atoms with Crippen molar-refractivity contribution >= 4 is 5.57 Å². The normalized spacial score (nSPS) is 10.3. The molecule has 0 spiro atoms. The molecule has 1 rings (SSSR count). The zero-order valence-corrected chi connectivity index (χ0v) is 8.29. The number of nitrogens with zero attached hydrogens (tertiary/aromatic N) is 2. The fourth-order valence-corrected chi connectivity index (χ4v) is 1.03. The molecule has 0 aliphatic heterocycles. The van der Waals surface area contributed by atoms with E-state index in [0.717, 1.165) is 24.3 Å². The molecule has 0 saturated heterocycles. The topological polar surface area (TPSA) is 27.1 Å². The van der Waals surface area contributed by atoms with Gasteiger partial charge in [0, 0.05) is 24.9 Å². The first kappa shape index (κ1) is 9.99. The third kappa shape index (κ3) is 2.70. The number of hydrogen-bond donors (Lipinski definition) is 0. The van der Waals surface area contributed by atoms with Crippen molar-refractivity contribution in [2.45, 2.75) is 20.4 Å². The van der Waals surface area contributed by atoms with Crippen molar-refractivity contribution < 1.29 is 4.74 Å². The smallest absolute Gasteiger partial charge is 0.0717 e. The number of ether oxygens (including phenoxy) is 1. The Balaban J connectivity index is 2.55. The molecule has 3 heteroatoms. The molecule has 0 fully saturated rings. The summed E-state index contributed by atoms with van der Waals surface area (Å²) in [6.07, 6.45) is 3.81. The second kappa shape index (κ2) is 4.82. The monoisotopic (exact) mass is 180 g/mol. The quantitative estimate of drug-likeness (QED) is 0.692. The van der Waals surface area contributed by atoms with Crippen molar-refractivity contribution in [2.75, 3.05) is 13.2 Å². The molecule has 72 valence electrons. The molecular formula is C10H16N2O. The van der Waals surface area contributed by atoms with Gasteiger partial charge in [0.05, 0.1) is 12.8 Å². The van der Waals surface area contributed by atoms with E-state index in [1.54, 1.807) is 0 Å². The predicted molar refractivity (Wildman–Crippen MR) is 53.4 cm³/mol. The van der Waals surface area contributed by atoms with E-state index in [9.17, 15) is 0 Å². The Hall–Kier alpha value is -1.09. The molecule has 0 unspecified atom stereocenters. The van der Waals surface area contributed by atoms with Crippen molar-refractivity contribution in [1.29, 1.82) is 0 Å². The van der Waals surface area contributed by atoms with E-state index in [1.807, 2.05) is 24.0 Å². The molecule has 0 amide bonds. The van der Waals surface area contributed by atoms with E-state index in [0.29, 0.717) is 6.61 Å². The highest BCUT2D eigenvalue weighted by Crippen LogP contribution is 2.10. The van der Waals surface area contributed by atoms with E-state index in [-0.39, 0.29) is 0 Å². The van der Waals surface area contributed by atoms with Gasteiger partial charge in [-0.15, -0.1) is 0 Å². The van der Waals surface area contributed by atoms with Crippen LogP contribution in [0.3, 0.4) is 0 Å². The number of hydrogen-bond acceptors (Lipinski definition) is 2. The van der Waals surface area contributed by atoms with Crippen LogP contribution < -0.4 is 0 Å². The van der Waals surface area contributed by atoms with Gasteiger partial charge < -0.3 is 4.74 Å². The summed E-state index contributed by atoms with van der Waals surface area (Å²) in [6, 6.07) is 0. The van der Waals surface area contributed by atoms with Crippen molar-refractivity contribution in [3.8, 4) is 0 Å². The van der Waals surface area contributed by atoms with Gasteiger partial charge in [0.25, 0.3) is 0 Å². The molecule has 0 N–H and O–H groups in total. The Kier molecular flexibility index (Phi) is 3.71. The summed E-state index contributed by atoms with van der Waals surface area (Å²) in [7, 11) is 0. The number of aryl methyl sites for hydroxylation is 1. The van der Waals surface area contributed by atoms with E-state index in [4.69, 9.17) is 4.74 Å². The van der Waals surface area contributed by atoms with Crippen molar-refractivity contribution in [3.05, 3.63) is 24.5 Å². The van der Waals surface area contributed by atoms with E-state index in [2.05, 4.69) is 18.6 Å². The van der Waals surface area contributed by atoms with Gasteiger partial charge in [-0.25, -0.2) is 0 Å². The maximum absolute atomic E-state index is 5.26. The number of rotatable bonds is 5. The fraction of sp³-hybridized carbons (Fsp3) is 0.500. The first-order valence-corrected chi connectivity index (χ1v) is 4.56. The molecule has 1 heterocycles. The van der Waals surface area contributed by atoms with Gasteiger partial charge in [0.1, 0.15) is 0 Å². The molecule has 0 saturated carbocycles. The molecule has 0 bridgehead atoms. The summed E-state index contributed by atoms with van der Waals surface area (Å²) >= 11 is 0. The maximum Gasteiger partial charge on any atom is 0.0717 e. The summed E-state index contributed by atoms with van der Waals surface area (Å²) < 4.78 is 7.14. The zero-order chi connectivity index (χ0) is 9.68. The first-order chi connectivity index (χ1) is 6.27. The standard InChI is InChI=1S/C10H16N2O/c1-4-12-7-10(6-11-12)9(3)8-13-5-2/h6-7H,3-5,8H2,1-2H3. The van der Waals surface area contributed by atoms with Gasteiger partial charge in [-0.2, -0.15) is 5.10 Å². The second-order valence-electron chi connectivity index (χ2n) is 2.83. The lowest BCUT2D eigenvalue weighted by Crippen LogP contribution is -1.95. The summed E-state index contributed by atoms with van der Waals surface area (Å²) in [5, 5.41) is 4.16. The summed E-state index contributed by atoms with van der Waals surface area (Å²) in [6.45, 7) is 10.2. The van der Waals surface area contributed by atoms with Gasteiger partial charge in [-0.1, -0.05) is 6.58 Å². The van der Waals surface area contributed by atoms with Crippen LogP contribution in [0.1, 0.15) is 19.4 Å². The highest BCUT2D eigenvalue weighted by Gasteiger charge is 2.01. The average molecular weight is 180 g/mol. The van der Waals surface area contributed by atoms with Gasteiger partial charge in [-0.05, 0) is 19.4 Å². The molecule has 0 radical (unpaired) electrons. The minimum atomic E-state index is 0.589. The minimum Gasteiger partial charge on any atom is -0.377 e. The highest BCUT2D eigenvalue weighted by molar-refractivity contribution is 5.62. The Labute approximate surface area is 79.0 Å². The van der Waals surface area contributed by atoms with E-state index in [1.165, 1.54) is 0 Å². The highest BCUT2D eigenvalue weighted by atomic mass is 16.5.